The van der Waals surface area contributed by atoms with Crippen LogP contribution in [0.3, 0.4) is 0 Å². The highest BCUT2D eigenvalue weighted by molar-refractivity contribution is 5.95. The fraction of sp³-hybridized carbons (Fsp3) is 0.636. The van der Waals surface area contributed by atoms with E-state index in [2.05, 4.69) is 0 Å². The molecule has 1 saturated heterocycles. The minimum atomic E-state index is -1.34. The normalized spacial score (nSPS) is 25.5. The maximum absolute atomic E-state index is 12.7. The average molecular weight is 405 g/mol. The number of hydrogen-bond donors (Lipinski definition) is 2. The molecule has 2 aliphatic rings. The molecule has 0 spiro atoms. The Kier molecular flexibility index (Phi) is 5.81. The Morgan fingerprint density at radius 2 is 1.90 bits per heavy atom. The van der Waals surface area contributed by atoms with Gasteiger partial charge in [-0.1, -0.05) is 26.8 Å². The SMILES string of the molecule is COc1ccc([C@@H]2CC(=O)N(C(=O)O)[C@@]2(CO)C(C)(C)C)cc1OC1CCCC1. The highest BCUT2D eigenvalue weighted by Crippen LogP contribution is 2.53. The lowest BCUT2D eigenvalue weighted by Gasteiger charge is -2.48. The van der Waals surface area contributed by atoms with Gasteiger partial charge < -0.3 is 19.7 Å². The molecule has 1 aromatic carbocycles. The molecule has 2 N–H and O–H groups in total. The third kappa shape index (κ3) is 3.56. The van der Waals surface area contributed by atoms with Crippen molar-refractivity contribution in [3.63, 3.8) is 0 Å². The molecule has 160 valence electrons. The van der Waals surface area contributed by atoms with Gasteiger partial charge in [0.1, 0.15) is 0 Å². The van der Waals surface area contributed by atoms with Gasteiger partial charge in [-0.05, 0) is 48.8 Å². The summed E-state index contributed by atoms with van der Waals surface area (Å²) in [6.45, 7) is 5.10. The predicted octanol–water partition coefficient (Wildman–Crippen LogP) is 3.79. The van der Waals surface area contributed by atoms with Crippen LogP contribution in [0.1, 0.15) is 64.4 Å². The van der Waals surface area contributed by atoms with Gasteiger partial charge in [-0.2, -0.15) is 0 Å². The maximum atomic E-state index is 12.7. The number of ether oxygens (including phenoxy) is 2. The van der Waals surface area contributed by atoms with Gasteiger partial charge in [0.2, 0.25) is 5.91 Å². The van der Waals surface area contributed by atoms with E-state index < -0.39 is 35.5 Å². The number of hydrogen-bond acceptors (Lipinski definition) is 5. The summed E-state index contributed by atoms with van der Waals surface area (Å²) in [5.74, 6) is 0.206. The molecule has 2 fully saturated rings. The van der Waals surface area contributed by atoms with Gasteiger partial charge >= 0.3 is 6.09 Å². The van der Waals surface area contributed by atoms with Crippen LogP contribution in [0.4, 0.5) is 4.79 Å². The number of carbonyl (C=O) groups excluding carboxylic acids is 1. The first-order valence-corrected chi connectivity index (χ1v) is 10.2. The van der Waals surface area contributed by atoms with Crippen LogP contribution < -0.4 is 9.47 Å². The molecule has 0 bridgehead atoms. The number of imide groups is 1. The third-order valence-electron chi connectivity index (χ3n) is 6.52. The Morgan fingerprint density at radius 1 is 1.24 bits per heavy atom. The Labute approximate surface area is 171 Å². The summed E-state index contributed by atoms with van der Waals surface area (Å²) < 4.78 is 11.6. The molecule has 1 aromatic rings. The van der Waals surface area contributed by atoms with Crippen LogP contribution in [-0.4, -0.2) is 52.5 Å². The standard InChI is InChI=1S/C22H31NO6/c1-21(2,3)22(13-24)16(12-19(25)23(22)20(26)27)14-9-10-17(28-4)18(11-14)29-15-7-5-6-8-15/h9-11,15-16,24H,5-8,12-13H2,1-4H3,(H,26,27)/t16-,22+/m0/s1. The number of methoxy groups -OCH3 is 1. The van der Waals surface area contributed by atoms with E-state index in [0.29, 0.717) is 11.5 Å². The lowest BCUT2D eigenvalue weighted by molar-refractivity contribution is -0.133. The summed E-state index contributed by atoms with van der Waals surface area (Å²) in [6.07, 6.45) is 3.06. The number of aliphatic hydroxyl groups excluding tert-OH is 1. The first-order valence-electron chi connectivity index (χ1n) is 10.2. The van der Waals surface area contributed by atoms with Gasteiger partial charge in [-0.3, -0.25) is 4.79 Å². The molecule has 29 heavy (non-hydrogen) atoms. The molecule has 1 aliphatic carbocycles. The Hall–Kier alpha value is -2.28. The highest BCUT2D eigenvalue weighted by Gasteiger charge is 2.61. The Balaban J connectivity index is 2.07. The van der Waals surface area contributed by atoms with Crippen LogP contribution in [0.5, 0.6) is 11.5 Å². The highest BCUT2D eigenvalue weighted by atomic mass is 16.5. The minimum Gasteiger partial charge on any atom is -0.493 e. The van der Waals surface area contributed by atoms with Crippen molar-refractivity contribution in [1.29, 1.82) is 0 Å². The van der Waals surface area contributed by atoms with Gasteiger partial charge in [0.25, 0.3) is 0 Å². The van der Waals surface area contributed by atoms with Crippen LogP contribution in [0.25, 0.3) is 0 Å². The van der Waals surface area contributed by atoms with E-state index in [1.54, 1.807) is 13.2 Å². The van der Waals surface area contributed by atoms with Crippen molar-refractivity contribution in [2.75, 3.05) is 13.7 Å². The number of aliphatic hydroxyl groups is 1. The second-order valence-electron chi connectivity index (χ2n) is 9.04. The smallest absolute Gasteiger partial charge is 0.414 e. The number of benzene rings is 1. The van der Waals surface area contributed by atoms with Crippen LogP contribution >= 0.6 is 0 Å². The molecule has 0 radical (unpaired) electrons. The minimum absolute atomic E-state index is 0.0132. The van der Waals surface area contributed by atoms with E-state index in [1.165, 1.54) is 0 Å². The Morgan fingerprint density at radius 3 is 2.41 bits per heavy atom. The van der Waals surface area contributed by atoms with Crippen LogP contribution in [0, 0.1) is 5.41 Å². The molecular formula is C22H31NO6. The summed E-state index contributed by atoms with van der Waals surface area (Å²) >= 11 is 0. The first kappa shape index (κ1) is 21.4. The zero-order chi connectivity index (χ0) is 21.4. The van der Waals surface area contributed by atoms with E-state index in [0.717, 1.165) is 36.1 Å². The van der Waals surface area contributed by atoms with Crippen molar-refractivity contribution < 1.29 is 29.3 Å². The van der Waals surface area contributed by atoms with Crippen molar-refractivity contribution in [1.82, 2.24) is 4.90 Å². The summed E-state index contributed by atoms with van der Waals surface area (Å²) in [5.41, 5.74) is -1.18. The molecule has 2 atom stereocenters. The fourth-order valence-corrected chi connectivity index (χ4v) is 4.95. The Bertz CT molecular complexity index is 780. The van der Waals surface area contributed by atoms with Crippen molar-refractivity contribution in [3.8, 4) is 11.5 Å². The number of nitrogens with zero attached hydrogens (tertiary/aromatic N) is 1. The van der Waals surface area contributed by atoms with Crippen LogP contribution in [-0.2, 0) is 4.79 Å². The number of likely N-dealkylation sites (tertiary alicyclic amines) is 1. The van der Waals surface area contributed by atoms with E-state index in [-0.39, 0.29) is 12.5 Å². The van der Waals surface area contributed by atoms with Crippen molar-refractivity contribution in [2.24, 2.45) is 5.41 Å². The van der Waals surface area contributed by atoms with E-state index in [4.69, 9.17) is 9.47 Å². The first-order chi connectivity index (χ1) is 13.7. The lowest BCUT2D eigenvalue weighted by atomic mass is 9.65. The zero-order valence-electron chi connectivity index (χ0n) is 17.6. The largest absolute Gasteiger partial charge is 0.493 e. The number of rotatable bonds is 5. The number of carboxylic acid groups (broad SMARTS) is 1. The van der Waals surface area contributed by atoms with Crippen LogP contribution in [0.2, 0.25) is 0 Å². The maximum Gasteiger partial charge on any atom is 0.414 e. The van der Waals surface area contributed by atoms with Gasteiger partial charge in [-0.25, -0.2) is 9.69 Å². The third-order valence-corrected chi connectivity index (χ3v) is 6.52. The predicted molar refractivity (Wildman–Crippen MR) is 107 cm³/mol. The molecule has 7 nitrogen and oxygen atoms in total. The quantitative estimate of drug-likeness (QED) is 0.774. The van der Waals surface area contributed by atoms with Gasteiger partial charge in [0, 0.05) is 12.3 Å². The average Bonchev–Trinajstić information content (AvgIpc) is 3.26. The van der Waals surface area contributed by atoms with Crippen molar-refractivity contribution in [2.45, 2.75) is 70.4 Å². The fourth-order valence-electron chi connectivity index (χ4n) is 4.95. The molecule has 1 heterocycles. The molecule has 0 unspecified atom stereocenters. The van der Waals surface area contributed by atoms with E-state index >= 15 is 0 Å². The second-order valence-corrected chi connectivity index (χ2v) is 9.04. The molecule has 1 aliphatic heterocycles. The molecule has 0 aromatic heterocycles. The molecule has 2 amide bonds. The van der Waals surface area contributed by atoms with E-state index in [1.807, 2.05) is 32.9 Å². The summed E-state index contributed by atoms with van der Waals surface area (Å²) in [7, 11) is 1.58. The molecule has 1 saturated carbocycles. The van der Waals surface area contributed by atoms with Gasteiger partial charge in [0.05, 0.1) is 25.4 Å². The topological polar surface area (TPSA) is 96.3 Å². The molecular weight excluding hydrogens is 374 g/mol. The molecule has 3 rings (SSSR count). The molecule has 7 heteroatoms. The summed E-state index contributed by atoms with van der Waals surface area (Å²) in [6, 6.07) is 5.47. The summed E-state index contributed by atoms with van der Waals surface area (Å²) in [4.78, 5) is 25.5. The van der Waals surface area contributed by atoms with Crippen LogP contribution in [0.15, 0.2) is 18.2 Å². The summed E-state index contributed by atoms with van der Waals surface area (Å²) in [5, 5.41) is 20.2. The zero-order valence-corrected chi connectivity index (χ0v) is 17.6. The number of carbonyl (C=O) groups is 2. The monoisotopic (exact) mass is 405 g/mol. The second kappa shape index (κ2) is 7.86. The lowest BCUT2D eigenvalue weighted by Crippen LogP contribution is -2.61. The van der Waals surface area contributed by atoms with Crippen molar-refractivity contribution in [3.05, 3.63) is 23.8 Å². The van der Waals surface area contributed by atoms with E-state index in [9.17, 15) is 19.8 Å². The number of amides is 2. The van der Waals surface area contributed by atoms with Gasteiger partial charge in [0.15, 0.2) is 11.5 Å². The van der Waals surface area contributed by atoms with Gasteiger partial charge in [-0.15, -0.1) is 0 Å². The van der Waals surface area contributed by atoms with Crippen molar-refractivity contribution >= 4 is 12.0 Å².